The van der Waals surface area contributed by atoms with Gasteiger partial charge in [-0.3, -0.25) is 14.9 Å². The number of nitrogens with one attached hydrogen (secondary N) is 2. The van der Waals surface area contributed by atoms with Crippen LogP contribution in [0.3, 0.4) is 0 Å². The second-order valence-corrected chi connectivity index (χ2v) is 10.1. The summed E-state index contributed by atoms with van der Waals surface area (Å²) >= 11 is 14.3. The van der Waals surface area contributed by atoms with E-state index in [1.807, 2.05) is 12.1 Å². The third-order valence-corrected chi connectivity index (χ3v) is 7.39. The maximum atomic E-state index is 13.3. The number of carbonyl (C=O) groups excluding carboxylic acids is 2. The highest BCUT2D eigenvalue weighted by Gasteiger charge is 2.12. The lowest BCUT2D eigenvalue weighted by atomic mass is 10.1. The number of thioether (sulfide) groups is 1. The van der Waals surface area contributed by atoms with E-state index in [1.54, 1.807) is 36.4 Å². The Hall–Kier alpha value is -2.98. The van der Waals surface area contributed by atoms with Crippen LogP contribution < -0.4 is 10.6 Å². The van der Waals surface area contributed by atoms with Crippen LogP contribution in [0.15, 0.2) is 71.1 Å². The van der Waals surface area contributed by atoms with Crippen molar-refractivity contribution in [2.75, 3.05) is 10.6 Å². The average molecular weight is 547 g/mol. The molecule has 2 N–H and O–H groups in total. The number of anilines is 2. The molecule has 0 bridgehead atoms. The summed E-state index contributed by atoms with van der Waals surface area (Å²) in [6.07, 6.45) is 0. The van der Waals surface area contributed by atoms with E-state index in [4.69, 9.17) is 23.2 Å². The maximum absolute atomic E-state index is 13.3. The Morgan fingerprint density at radius 2 is 1.51 bits per heavy atom. The van der Waals surface area contributed by atoms with Crippen LogP contribution in [0.25, 0.3) is 0 Å². The Morgan fingerprint density at radius 3 is 2.14 bits per heavy atom. The quantitative estimate of drug-likeness (QED) is 0.143. The monoisotopic (exact) mass is 546 g/mol. The smallest absolute Gasteiger partial charge is 0.257 e. The predicted octanol–water partition coefficient (Wildman–Crippen LogP) is 6.87. The highest BCUT2D eigenvalue weighted by Crippen LogP contribution is 2.29. The minimum atomic E-state index is -0.547. The first kappa shape index (κ1) is 25.1. The number of amides is 2. The number of hydrogen-bond acceptors (Lipinski definition) is 6. The van der Waals surface area contributed by atoms with Gasteiger partial charge < -0.3 is 5.32 Å². The molecule has 0 saturated heterocycles. The fourth-order valence-corrected chi connectivity index (χ4v) is 4.97. The van der Waals surface area contributed by atoms with Gasteiger partial charge in [0.05, 0.1) is 5.02 Å². The van der Waals surface area contributed by atoms with Crippen molar-refractivity contribution in [3.8, 4) is 0 Å². The second kappa shape index (κ2) is 11.6. The number of benzene rings is 3. The van der Waals surface area contributed by atoms with E-state index in [0.29, 0.717) is 37.9 Å². The molecular weight excluding hydrogens is 530 g/mol. The van der Waals surface area contributed by atoms with E-state index >= 15 is 0 Å². The molecule has 1 aromatic heterocycles. The molecule has 0 aliphatic carbocycles. The Balaban J connectivity index is 1.29. The number of halogens is 3. The van der Waals surface area contributed by atoms with Crippen molar-refractivity contribution in [1.82, 2.24) is 10.2 Å². The lowest BCUT2D eigenvalue weighted by Gasteiger charge is -2.07. The zero-order chi connectivity index (χ0) is 24.8. The molecule has 178 valence electrons. The zero-order valence-electron chi connectivity index (χ0n) is 17.9. The van der Waals surface area contributed by atoms with E-state index in [2.05, 4.69) is 20.8 Å². The molecule has 0 radical (unpaired) electrons. The van der Waals surface area contributed by atoms with Gasteiger partial charge in [-0.15, -0.1) is 21.8 Å². The standard InChI is InChI=1S/C24H17Cl2FN4O2S2/c25-12-14-1-5-17(6-2-14)22(33)29-23-30-31-24(35-23)34-13-15-3-7-16(8-4-15)21(32)28-18-9-10-20(27)19(26)11-18/h1-11H,12-13H2,(H,28,32)(H,29,30,33). The molecule has 2 amide bonds. The molecule has 0 fully saturated rings. The van der Waals surface area contributed by atoms with Gasteiger partial charge >= 0.3 is 0 Å². The molecule has 6 nitrogen and oxygen atoms in total. The number of hydrogen-bond donors (Lipinski definition) is 2. The molecule has 35 heavy (non-hydrogen) atoms. The van der Waals surface area contributed by atoms with Crippen molar-refractivity contribution in [2.45, 2.75) is 16.0 Å². The summed E-state index contributed by atoms with van der Waals surface area (Å²) in [6, 6.07) is 18.1. The zero-order valence-corrected chi connectivity index (χ0v) is 21.1. The molecule has 4 rings (SSSR count). The van der Waals surface area contributed by atoms with Gasteiger partial charge in [0.2, 0.25) is 5.13 Å². The first-order valence-electron chi connectivity index (χ1n) is 10.2. The maximum Gasteiger partial charge on any atom is 0.257 e. The fraction of sp³-hybridized carbons (Fsp3) is 0.0833. The third-order valence-electron chi connectivity index (χ3n) is 4.75. The van der Waals surface area contributed by atoms with Crippen molar-refractivity contribution >= 4 is 68.9 Å². The van der Waals surface area contributed by atoms with Gasteiger partial charge in [-0.25, -0.2) is 4.39 Å². The van der Waals surface area contributed by atoms with Gasteiger partial charge in [0, 0.05) is 28.4 Å². The van der Waals surface area contributed by atoms with Crippen LogP contribution in [-0.4, -0.2) is 22.0 Å². The highest BCUT2D eigenvalue weighted by atomic mass is 35.5. The van der Waals surface area contributed by atoms with Gasteiger partial charge in [-0.05, 0) is 53.6 Å². The van der Waals surface area contributed by atoms with Crippen molar-refractivity contribution in [1.29, 1.82) is 0 Å². The number of rotatable bonds is 8. The second-order valence-electron chi connectivity index (χ2n) is 7.23. The van der Waals surface area contributed by atoms with E-state index < -0.39 is 5.82 Å². The van der Waals surface area contributed by atoms with Gasteiger partial charge in [0.25, 0.3) is 11.8 Å². The summed E-state index contributed by atoms with van der Waals surface area (Å²) in [5.74, 6) is -0.143. The lowest BCUT2D eigenvalue weighted by Crippen LogP contribution is -2.11. The molecular formula is C24H17Cl2FN4O2S2. The first-order chi connectivity index (χ1) is 16.9. The van der Waals surface area contributed by atoms with E-state index in [1.165, 1.54) is 41.3 Å². The average Bonchev–Trinajstić information content (AvgIpc) is 3.32. The normalized spacial score (nSPS) is 10.7. The number of carbonyl (C=O) groups is 2. The number of aromatic nitrogens is 2. The van der Waals surface area contributed by atoms with Crippen LogP contribution in [0.5, 0.6) is 0 Å². The van der Waals surface area contributed by atoms with Gasteiger partial charge in [-0.2, -0.15) is 0 Å². The molecule has 4 aromatic rings. The Bertz CT molecular complexity index is 1350. The Labute approximate surface area is 218 Å². The van der Waals surface area contributed by atoms with Crippen LogP contribution in [0.1, 0.15) is 31.8 Å². The predicted molar refractivity (Wildman–Crippen MR) is 139 cm³/mol. The van der Waals surface area contributed by atoms with Crippen molar-refractivity contribution in [3.63, 3.8) is 0 Å². The molecule has 0 saturated carbocycles. The summed E-state index contributed by atoms with van der Waals surface area (Å²) in [4.78, 5) is 24.8. The number of alkyl halides is 1. The summed E-state index contributed by atoms with van der Waals surface area (Å²) in [6.45, 7) is 0. The van der Waals surface area contributed by atoms with Gasteiger partial charge in [0.1, 0.15) is 5.82 Å². The van der Waals surface area contributed by atoms with Crippen LogP contribution in [0.2, 0.25) is 5.02 Å². The molecule has 3 aromatic carbocycles. The summed E-state index contributed by atoms with van der Waals surface area (Å²) in [7, 11) is 0. The van der Waals surface area contributed by atoms with Crippen molar-refractivity contribution < 1.29 is 14.0 Å². The van der Waals surface area contributed by atoms with Crippen LogP contribution in [0, 0.1) is 5.82 Å². The topological polar surface area (TPSA) is 84.0 Å². The van der Waals surface area contributed by atoms with Crippen LogP contribution in [0.4, 0.5) is 15.2 Å². The molecule has 1 heterocycles. The molecule has 0 spiro atoms. The highest BCUT2D eigenvalue weighted by molar-refractivity contribution is 8.00. The third kappa shape index (κ3) is 6.79. The molecule has 0 atom stereocenters. The SMILES string of the molecule is O=C(Nc1ccc(F)c(Cl)c1)c1ccc(CSc2nnc(NC(=O)c3ccc(CCl)cc3)s2)cc1. The minimum Gasteiger partial charge on any atom is -0.322 e. The van der Waals surface area contributed by atoms with E-state index in [0.717, 1.165) is 11.1 Å². The summed E-state index contributed by atoms with van der Waals surface area (Å²) in [5.41, 5.74) is 3.29. The molecule has 0 aliphatic rings. The van der Waals surface area contributed by atoms with Gasteiger partial charge in [0.15, 0.2) is 4.34 Å². The number of nitrogens with zero attached hydrogens (tertiary/aromatic N) is 2. The Kier molecular flexibility index (Phi) is 8.35. The minimum absolute atomic E-state index is 0.0597. The van der Waals surface area contributed by atoms with Crippen LogP contribution >= 0.6 is 46.3 Å². The van der Waals surface area contributed by atoms with Crippen molar-refractivity contribution in [2.24, 2.45) is 0 Å². The largest absolute Gasteiger partial charge is 0.322 e. The first-order valence-corrected chi connectivity index (χ1v) is 12.9. The van der Waals surface area contributed by atoms with Crippen LogP contribution in [-0.2, 0) is 11.6 Å². The fourth-order valence-electron chi connectivity index (χ4n) is 2.91. The van der Waals surface area contributed by atoms with E-state index in [-0.39, 0.29) is 16.8 Å². The van der Waals surface area contributed by atoms with Crippen molar-refractivity contribution in [3.05, 3.63) is 99.8 Å². The van der Waals surface area contributed by atoms with Gasteiger partial charge in [-0.1, -0.05) is 59.0 Å². The molecule has 0 aliphatic heterocycles. The van der Waals surface area contributed by atoms with E-state index in [9.17, 15) is 14.0 Å². The summed E-state index contributed by atoms with van der Waals surface area (Å²) in [5, 5.41) is 13.9. The lowest BCUT2D eigenvalue weighted by molar-refractivity contribution is 0.101. The Morgan fingerprint density at radius 1 is 0.886 bits per heavy atom. The molecule has 0 unspecified atom stereocenters. The summed E-state index contributed by atoms with van der Waals surface area (Å²) < 4.78 is 14.0. The molecule has 11 heteroatoms.